The summed E-state index contributed by atoms with van der Waals surface area (Å²) < 4.78 is 0. The molecule has 0 saturated carbocycles. The largest absolute Gasteiger partial charge is 0.516 e. The van der Waals surface area contributed by atoms with Gasteiger partial charge in [0.15, 0.2) is 0 Å². The van der Waals surface area contributed by atoms with Crippen molar-refractivity contribution in [3.8, 4) is 0 Å². The predicted molar refractivity (Wildman–Crippen MR) is 44.4 cm³/mol. The Hall–Kier alpha value is -1.51. The molecule has 0 bridgehead atoms. The average Bonchev–Trinajstić information content (AvgIpc) is 1.89. The Labute approximate surface area is 66.0 Å². The first kappa shape index (κ1) is 12.2. The minimum atomic E-state index is -0.981. The summed E-state index contributed by atoms with van der Waals surface area (Å²) in [5.41, 5.74) is 0.859. The van der Waals surface area contributed by atoms with Crippen LogP contribution in [0.4, 0.5) is 0 Å². The van der Waals surface area contributed by atoms with Crippen molar-refractivity contribution < 1.29 is 15.0 Å². The number of hydrogen-bond donors (Lipinski definition) is 2. The molecule has 62 valence electrons. The lowest BCUT2D eigenvalue weighted by Crippen LogP contribution is -1.82. The van der Waals surface area contributed by atoms with Gasteiger partial charge in [0.1, 0.15) is 0 Å². The Morgan fingerprint density at radius 1 is 1.55 bits per heavy atom. The van der Waals surface area contributed by atoms with Gasteiger partial charge in [0.05, 0.1) is 6.26 Å². The predicted octanol–water partition coefficient (Wildman–Crippen LogP) is 1.89. The molecule has 0 amide bonds. The van der Waals surface area contributed by atoms with E-state index >= 15 is 0 Å². The molecule has 0 rings (SSSR count). The number of aliphatic carboxylic acids is 1. The van der Waals surface area contributed by atoms with E-state index < -0.39 is 5.97 Å². The van der Waals surface area contributed by atoms with Gasteiger partial charge in [-0.2, -0.15) is 0 Å². The number of aliphatic hydroxyl groups is 1. The molecule has 2 N–H and O–H groups in total. The molecule has 0 aromatic rings. The summed E-state index contributed by atoms with van der Waals surface area (Å²) in [6.07, 6.45) is 3.34. The minimum Gasteiger partial charge on any atom is -0.516 e. The molecular formula is C8H12O3. The monoisotopic (exact) mass is 156 g/mol. The molecule has 0 unspecified atom stereocenters. The van der Waals surface area contributed by atoms with Crippen LogP contribution in [0, 0.1) is 0 Å². The third-order valence-corrected chi connectivity index (χ3v) is 0.534. The third-order valence-electron chi connectivity index (χ3n) is 0.534. The topological polar surface area (TPSA) is 57.5 Å². The second kappa shape index (κ2) is 8.49. The van der Waals surface area contributed by atoms with Crippen LogP contribution in [0.15, 0.2) is 37.1 Å². The molecular weight excluding hydrogens is 144 g/mol. The summed E-state index contributed by atoms with van der Waals surface area (Å²) in [7, 11) is 0. The average molecular weight is 156 g/mol. The van der Waals surface area contributed by atoms with Crippen molar-refractivity contribution in [1.29, 1.82) is 0 Å². The molecule has 0 spiro atoms. The van der Waals surface area contributed by atoms with Crippen molar-refractivity contribution in [2.24, 2.45) is 0 Å². The summed E-state index contributed by atoms with van der Waals surface area (Å²) in [6.45, 7) is 8.27. The van der Waals surface area contributed by atoms with Crippen molar-refractivity contribution in [3.63, 3.8) is 0 Å². The van der Waals surface area contributed by atoms with E-state index in [0.29, 0.717) is 0 Å². The second-order valence-corrected chi connectivity index (χ2v) is 1.70. The zero-order valence-corrected chi connectivity index (χ0v) is 6.45. The molecule has 0 aromatic carbocycles. The maximum Gasteiger partial charge on any atom is 0.327 e. The van der Waals surface area contributed by atoms with Crippen LogP contribution >= 0.6 is 0 Å². The molecule has 0 aromatic heterocycles. The van der Waals surface area contributed by atoms with Gasteiger partial charge < -0.3 is 10.2 Å². The number of hydrogen-bond acceptors (Lipinski definition) is 2. The maximum atomic E-state index is 9.25. The molecule has 0 aliphatic rings. The summed E-state index contributed by atoms with van der Waals surface area (Å²) in [6, 6.07) is 0. The van der Waals surface area contributed by atoms with Crippen LogP contribution in [0.5, 0.6) is 0 Å². The van der Waals surface area contributed by atoms with Crippen molar-refractivity contribution in [2.75, 3.05) is 0 Å². The smallest absolute Gasteiger partial charge is 0.327 e. The van der Waals surface area contributed by atoms with Crippen LogP contribution < -0.4 is 0 Å². The van der Waals surface area contributed by atoms with Gasteiger partial charge in [-0.05, 0) is 13.0 Å². The van der Waals surface area contributed by atoms with E-state index in [2.05, 4.69) is 13.2 Å². The van der Waals surface area contributed by atoms with E-state index in [1.54, 1.807) is 0 Å². The summed E-state index contributed by atoms with van der Waals surface area (Å²) in [5.74, 6) is -0.981. The molecule has 0 atom stereocenters. The molecule has 0 radical (unpaired) electrons. The molecule has 0 fully saturated rings. The van der Waals surface area contributed by atoms with Gasteiger partial charge >= 0.3 is 5.97 Å². The maximum absolute atomic E-state index is 9.25. The highest BCUT2D eigenvalue weighted by molar-refractivity contribution is 5.78. The Kier molecular flexibility index (Phi) is 9.41. The molecule has 3 nitrogen and oxygen atoms in total. The Morgan fingerprint density at radius 2 is 1.91 bits per heavy atom. The fourth-order valence-electron chi connectivity index (χ4n) is 0.127. The SMILES string of the molecule is C=C(C)C=CO.C=CC(=O)O. The fraction of sp³-hybridized carbons (Fsp3) is 0.125. The van der Waals surface area contributed by atoms with Gasteiger partial charge in [-0.15, -0.1) is 0 Å². The van der Waals surface area contributed by atoms with E-state index in [1.165, 1.54) is 6.08 Å². The number of carbonyl (C=O) groups is 1. The number of rotatable bonds is 2. The van der Waals surface area contributed by atoms with Crippen LogP contribution in [0.3, 0.4) is 0 Å². The fourth-order valence-corrected chi connectivity index (χ4v) is 0.127. The Bertz CT molecular complexity index is 168. The van der Waals surface area contributed by atoms with Crippen molar-refractivity contribution >= 4 is 5.97 Å². The first-order chi connectivity index (χ1) is 5.04. The van der Waals surface area contributed by atoms with Crippen molar-refractivity contribution in [1.82, 2.24) is 0 Å². The van der Waals surface area contributed by atoms with E-state index in [-0.39, 0.29) is 0 Å². The van der Waals surface area contributed by atoms with E-state index in [1.807, 2.05) is 6.92 Å². The van der Waals surface area contributed by atoms with E-state index in [4.69, 9.17) is 10.2 Å². The highest BCUT2D eigenvalue weighted by Crippen LogP contribution is 1.84. The summed E-state index contributed by atoms with van der Waals surface area (Å²) in [4.78, 5) is 9.25. The van der Waals surface area contributed by atoms with Crippen LogP contribution in [0.25, 0.3) is 0 Å². The van der Waals surface area contributed by atoms with Gasteiger partial charge in [0.25, 0.3) is 0 Å². The Balaban J connectivity index is 0. The van der Waals surface area contributed by atoms with Crippen molar-refractivity contribution in [2.45, 2.75) is 6.92 Å². The molecule has 0 heterocycles. The van der Waals surface area contributed by atoms with Crippen LogP contribution in [-0.2, 0) is 4.79 Å². The Morgan fingerprint density at radius 3 is 1.91 bits per heavy atom. The number of aliphatic hydroxyl groups excluding tert-OH is 1. The molecule has 0 aliphatic carbocycles. The van der Waals surface area contributed by atoms with E-state index in [0.717, 1.165) is 17.9 Å². The second-order valence-electron chi connectivity index (χ2n) is 1.70. The number of carboxylic acids is 1. The first-order valence-corrected chi connectivity index (χ1v) is 2.86. The van der Waals surface area contributed by atoms with Crippen LogP contribution in [0.2, 0.25) is 0 Å². The van der Waals surface area contributed by atoms with Crippen molar-refractivity contribution in [3.05, 3.63) is 37.1 Å². The highest BCUT2D eigenvalue weighted by atomic mass is 16.4. The highest BCUT2D eigenvalue weighted by Gasteiger charge is 1.73. The van der Waals surface area contributed by atoms with Gasteiger partial charge in [0, 0.05) is 6.08 Å². The normalized spacial score (nSPS) is 8.09. The number of allylic oxidation sites excluding steroid dienone is 2. The lowest BCUT2D eigenvalue weighted by atomic mass is 10.4. The molecule has 11 heavy (non-hydrogen) atoms. The lowest BCUT2D eigenvalue weighted by Gasteiger charge is -1.75. The van der Waals surface area contributed by atoms with E-state index in [9.17, 15) is 4.79 Å². The molecule has 0 aliphatic heterocycles. The number of carboxylic acid groups (broad SMARTS) is 1. The van der Waals surface area contributed by atoms with Crippen LogP contribution in [0.1, 0.15) is 6.92 Å². The first-order valence-electron chi connectivity index (χ1n) is 2.86. The van der Waals surface area contributed by atoms with Gasteiger partial charge in [-0.25, -0.2) is 4.79 Å². The van der Waals surface area contributed by atoms with Gasteiger partial charge in [-0.1, -0.05) is 18.7 Å². The van der Waals surface area contributed by atoms with Gasteiger partial charge in [0.2, 0.25) is 0 Å². The zero-order valence-electron chi connectivity index (χ0n) is 6.45. The summed E-state index contributed by atoms with van der Waals surface area (Å²) >= 11 is 0. The minimum absolute atomic E-state index is 0.833. The van der Waals surface area contributed by atoms with Gasteiger partial charge in [-0.3, -0.25) is 0 Å². The van der Waals surface area contributed by atoms with Crippen LogP contribution in [-0.4, -0.2) is 16.2 Å². The third kappa shape index (κ3) is 29.4. The standard InChI is InChI=1S/C5H8O.C3H4O2/c1-5(2)3-4-6;1-2-3(4)5/h3-4,6H,1H2,2H3;2H,1H2,(H,4,5). The molecule has 3 heteroatoms. The zero-order chi connectivity index (χ0) is 9.28. The summed E-state index contributed by atoms with van der Waals surface area (Å²) in [5, 5.41) is 15.6. The lowest BCUT2D eigenvalue weighted by molar-refractivity contribution is -0.131. The molecule has 0 saturated heterocycles. The quantitative estimate of drug-likeness (QED) is 0.364.